The molecule has 6 heteroatoms. The van der Waals surface area contributed by atoms with Crippen LogP contribution in [0.5, 0.6) is 0 Å². The van der Waals surface area contributed by atoms with Gasteiger partial charge in [0, 0.05) is 24.2 Å². The van der Waals surface area contributed by atoms with E-state index in [-0.39, 0.29) is 17.5 Å². The SMILES string of the molecule is C[C@@H](CNC(=O)c1cccn2c(=O)c3ccc4ccccc4c3nc12)N(C)C. The first-order valence-corrected chi connectivity index (χ1v) is 9.25. The van der Waals surface area contributed by atoms with E-state index in [0.717, 1.165) is 10.8 Å². The van der Waals surface area contributed by atoms with Crippen molar-refractivity contribution in [2.45, 2.75) is 13.0 Å². The molecular weight excluding hydrogens is 352 g/mol. The number of rotatable bonds is 4. The summed E-state index contributed by atoms with van der Waals surface area (Å²) in [4.78, 5) is 32.6. The molecule has 0 saturated carbocycles. The minimum atomic E-state index is -0.238. The summed E-state index contributed by atoms with van der Waals surface area (Å²) < 4.78 is 1.45. The maximum atomic E-state index is 13.0. The second-order valence-corrected chi connectivity index (χ2v) is 7.24. The summed E-state index contributed by atoms with van der Waals surface area (Å²) in [6.07, 6.45) is 1.65. The number of nitrogens with one attached hydrogen (secondary N) is 1. The fraction of sp³-hybridized carbons (Fsp3) is 0.227. The first-order valence-electron chi connectivity index (χ1n) is 9.25. The van der Waals surface area contributed by atoms with E-state index in [0.29, 0.717) is 28.7 Å². The molecule has 0 aliphatic heterocycles. The van der Waals surface area contributed by atoms with Crippen LogP contribution in [0.15, 0.2) is 59.5 Å². The molecule has 0 radical (unpaired) electrons. The maximum Gasteiger partial charge on any atom is 0.265 e. The van der Waals surface area contributed by atoms with Gasteiger partial charge in [0.05, 0.1) is 16.5 Å². The van der Waals surface area contributed by atoms with Gasteiger partial charge in [0.15, 0.2) is 5.65 Å². The minimum Gasteiger partial charge on any atom is -0.350 e. The number of aromatic nitrogens is 2. The largest absolute Gasteiger partial charge is 0.350 e. The standard InChI is InChI=1S/C22H22N4O2/c1-14(25(2)3)13-23-21(27)18-9-6-12-26-20(18)24-19-16-8-5-4-7-15(16)10-11-17(19)22(26)28/h4-12,14H,13H2,1-3H3,(H,23,27)/t14-/m0/s1. The highest BCUT2D eigenvalue weighted by Crippen LogP contribution is 2.23. The summed E-state index contributed by atoms with van der Waals surface area (Å²) in [5.41, 5.74) is 1.19. The lowest BCUT2D eigenvalue weighted by Gasteiger charge is -2.20. The van der Waals surface area contributed by atoms with Crippen molar-refractivity contribution in [2.75, 3.05) is 20.6 Å². The number of carbonyl (C=O) groups excluding carboxylic acids is 1. The molecule has 0 bridgehead atoms. The van der Waals surface area contributed by atoms with Gasteiger partial charge in [0.1, 0.15) is 0 Å². The van der Waals surface area contributed by atoms with Crippen molar-refractivity contribution < 1.29 is 4.79 Å². The van der Waals surface area contributed by atoms with Gasteiger partial charge in [-0.15, -0.1) is 0 Å². The Hall–Kier alpha value is -3.25. The normalized spacial score (nSPS) is 12.7. The van der Waals surface area contributed by atoms with Gasteiger partial charge in [-0.2, -0.15) is 0 Å². The predicted octanol–water partition coefficient (Wildman–Crippen LogP) is 2.68. The molecule has 0 aliphatic carbocycles. The molecule has 0 aliphatic rings. The zero-order valence-electron chi connectivity index (χ0n) is 16.1. The molecule has 1 atom stereocenters. The summed E-state index contributed by atoms with van der Waals surface area (Å²) in [7, 11) is 3.93. The quantitative estimate of drug-likeness (QED) is 0.441. The van der Waals surface area contributed by atoms with Crippen LogP contribution in [0.1, 0.15) is 17.3 Å². The fourth-order valence-corrected chi connectivity index (χ4v) is 3.26. The summed E-state index contributed by atoms with van der Waals surface area (Å²) in [6.45, 7) is 2.54. The molecule has 1 N–H and O–H groups in total. The predicted molar refractivity (Wildman–Crippen MR) is 112 cm³/mol. The lowest BCUT2D eigenvalue weighted by Crippen LogP contribution is -2.38. The molecule has 0 fully saturated rings. The van der Waals surface area contributed by atoms with Gasteiger partial charge in [-0.3, -0.25) is 14.0 Å². The van der Waals surface area contributed by atoms with Gasteiger partial charge in [-0.05, 0) is 44.6 Å². The molecule has 0 unspecified atom stereocenters. The summed E-state index contributed by atoms with van der Waals surface area (Å²) in [5, 5.41) is 5.38. The molecule has 1 amide bonds. The Morgan fingerprint density at radius 1 is 1.11 bits per heavy atom. The molecule has 2 heterocycles. The Balaban J connectivity index is 1.90. The zero-order chi connectivity index (χ0) is 19.8. The third-order valence-electron chi connectivity index (χ3n) is 5.22. The Morgan fingerprint density at radius 2 is 1.89 bits per heavy atom. The van der Waals surface area contributed by atoms with Crippen LogP contribution in [0, 0.1) is 0 Å². The molecule has 0 spiro atoms. The second kappa shape index (κ2) is 7.05. The van der Waals surface area contributed by atoms with Gasteiger partial charge >= 0.3 is 0 Å². The Labute approximate surface area is 162 Å². The number of amides is 1. The van der Waals surface area contributed by atoms with Crippen LogP contribution >= 0.6 is 0 Å². The molecule has 6 nitrogen and oxygen atoms in total. The monoisotopic (exact) mass is 374 g/mol. The molecule has 0 saturated heterocycles. The smallest absolute Gasteiger partial charge is 0.265 e. The highest BCUT2D eigenvalue weighted by atomic mass is 16.2. The third kappa shape index (κ3) is 3.01. The van der Waals surface area contributed by atoms with Crippen LogP contribution < -0.4 is 10.9 Å². The summed E-state index contributed by atoms with van der Waals surface area (Å²) >= 11 is 0. The fourth-order valence-electron chi connectivity index (χ4n) is 3.26. The average Bonchev–Trinajstić information content (AvgIpc) is 2.71. The average molecular weight is 374 g/mol. The first kappa shape index (κ1) is 18.1. The van der Waals surface area contributed by atoms with Crippen LogP contribution in [0.3, 0.4) is 0 Å². The Morgan fingerprint density at radius 3 is 2.68 bits per heavy atom. The van der Waals surface area contributed by atoms with Crippen molar-refractivity contribution in [1.29, 1.82) is 0 Å². The Bertz CT molecular complexity index is 1260. The molecule has 4 rings (SSSR count). The van der Waals surface area contributed by atoms with Crippen molar-refractivity contribution >= 4 is 33.2 Å². The van der Waals surface area contributed by atoms with Crippen molar-refractivity contribution in [3.63, 3.8) is 0 Å². The van der Waals surface area contributed by atoms with Gasteiger partial charge in [-0.1, -0.05) is 30.3 Å². The molecular formula is C22H22N4O2. The topological polar surface area (TPSA) is 66.7 Å². The number of pyridine rings is 1. The van der Waals surface area contributed by atoms with Crippen LogP contribution in [0.2, 0.25) is 0 Å². The van der Waals surface area contributed by atoms with Gasteiger partial charge in [-0.25, -0.2) is 4.98 Å². The third-order valence-corrected chi connectivity index (χ3v) is 5.22. The molecule has 4 aromatic rings. The van der Waals surface area contributed by atoms with Crippen molar-refractivity contribution in [3.8, 4) is 0 Å². The van der Waals surface area contributed by atoms with E-state index in [4.69, 9.17) is 4.98 Å². The van der Waals surface area contributed by atoms with Gasteiger partial charge in [0.2, 0.25) is 0 Å². The minimum absolute atomic E-state index is 0.179. The lowest BCUT2D eigenvalue weighted by atomic mass is 10.1. The second-order valence-electron chi connectivity index (χ2n) is 7.24. The molecule has 2 aromatic carbocycles. The van der Waals surface area contributed by atoms with Crippen molar-refractivity contribution in [1.82, 2.24) is 19.6 Å². The number of likely N-dealkylation sites (N-methyl/N-ethyl adjacent to an activating group) is 1. The Kier molecular flexibility index (Phi) is 4.57. The van der Waals surface area contributed by atoms with Crippen LogP contribution in [0.25, 0.3) is 27.3 Å². The van der Waals surface area contributed by atoms with E-state index in [9.17, 15) is 9.59 Å². The number of benzene rings is 2. The van der Waals surface area contributed by atoms with Crippen LogP contribution in [0.4, 0.5) is 0 Å². The highest BCUT2D eigenvalue weighted by Gasteiger charge is 2.16. The van der Waals surface area contributed by atoms with E-state index >= 15 is 0 Å². The summed E-state index contributed by atoms with van der Waals surface area (Å²) in [6, 6.07) is 15.1. The van der Waals surface area contributed by atoms with E-state index in [2.05, 4.69) is 5.32 Å². The first-order chi connectivity index (χ1) is 13.5. The van der Waals surface area contributed by atoms with Crippen LogP contribution in [-0.4, -0.2) is 46.9 Å². The van der Waals surface area contributed by atoms with Gasteiger partial charge < -0.3 is 10.2 Å². The highest BCUT2D eigenvalue weighted by molar-refractivity contribution is 6.07. The lowest BCUT2D eigenvalue weighted by molar-refractivity contribution is 0.0944. The zero-order valence-corrected chi connectivity index (χ0v) is 16.1. The maximum absolute atomic E-state index is 13.0. The van der Waals surface area contributed by atoms with Crippen molar-refractivity contribution in [3.05, 3.63) is 70.6 Å². The van der Waals surface area contributed by atoms with E-state index in [1.165, 1.54) is 4.40 Å². The number of hydrogen-bond acceptors (Lipinski definition) is 4. The number of hydrogen-bond donors (Lipinski definition) is 1. The van der Waals surface area contributed by atoms with Gasteiger partial charge in [0.25, 0.3) is 11.5 Å². The van der Waals surface area contributed by atoms with E-state index in [1.54, 1.807) is 24.4 Å². The molecule has 142 valence electrons. The van der Waals surface area contributed by atoms with E-state index in [1.807, 2.05) is 56.3 Å². The van der Waals surface area contributed by atoms with Crippen LogP contribution in [-0.2, 0) is 0 Å². The number of carbonyl (C=O) groups is 1. The number of fused-ring (bicyclic) bond motifs is 4. The molecule has 2 aromatic heterocycles. The summed E-state index contributed by atoms with van der Waals surface area (Å²) in [5.74, 6) is -0.238. The van der Waals surface area contributed by atoms with E-state index < -0.39 is 0 Å². The van der Waals surface area contributed by atoms with Crippen molar-refractivity contribution in [2.24, 2.45) is 0 Å². The number of nitrogens with zero attached hydrogens (tertiary/aromatic N) is 3. The molecule has 28 heavy (non-hydrogen) atoms.